The van der Waals surface area contributed by atoms with Crippen LogP contribution < -0.4 is 4.72 Å². The minimum atomic E-state index is -3.91. The minimum Gasteiger partial charge on any atom is -0.382 e. The molecule has 7 nitrogen and oxygen atoms in total. The number of sulfonamides is 1. The van der Waals surface area contributed by atoms with Crippen molar-refractivity contribution in [3.8, 4) is 6.07 Å². The van der Waals surface area contributed by atoms with Crippen LogP contribution in [0.1, 0.15) is 11.1 Å². The number of fused-ring (bicyclic) bond motifs is 1. The first-order valence-corrected chi connectivity index (χ1v) is 10.7. The van der Waals surface area contributed by atoms with Gasteiger partial charge in [-0.1, -0.05) is 35.9 Å². The quantitative estimate of drug-likeness (QED) is 0.420. The maximum absolute atomic E-state index is 12.4. The lowest BCUT2D eigenvalue weighted by Gasteiger charge is -2.08. The van der Waals surface area contributed by atoms with Gasteiger partial charge in [-0.3, -0.25) is 0 Å². The fraction of sp³-hybridized carbons (Fsp3) is 0.381. The van der Waals surface area contributed by atoms with Gasteiger partial charge in [0.15, 0.2) is 4.91 Å². The van der Waals surface area contributed by atoms with Crippen molar-refractivity contribution in [1.29, 1.82) is 5.26 Å². The summed E-state index contributed by atoms with van der Waals surface area (Å²) in [6.07, 6.45) is 1.37. The molecule has 29 heavy (non-hydrogen) atoms. The molecule has 2 aromatic carbocycles. The topological polar surface area (TPSA) is 97.7 Å². The highest BCUT2D eigenvalue weighted by molar-refractivity contribution is 7.93. The van der Waals surface area contributed by atoms with E-state index in [0.717, 1.165) is 16.3 Å². The molecule has 0 fully saturated rings. The largest absolute Gasteiger partial charge is 0.382 e. The van der Waals surface area contributed by atoms with E-state index in [4.69, 9.17) is 14.2 Å². The average Bonchev–Trinajstić information content (AvgIpc) is 2.70. The van der Waals surface area contributed by atoms with Gasteiger partial charge in [-0.05, 0) is 35.4 Å². The molecule has 0 spiro atoms. The number of nitrogens with one attached hydrogen (secondary N) is 1. The first-order chi connectivity index (χ1) is 14.0. The number of hydrogen-bond donors (Lipinski definition) is 1. The molecule has 0 radical (unpaired) electrons. The van der Waals surface area contributed by atoms with Crippen LogP contribution in [0, 0.1) is 18.3 Å². The number of hydrogen-bond acceptors (Lipinski definition) is 6. The fourth-order valence-corrected chi connectivity index (χ4v) is 3.50. The molecule has 0 aliphatic heterocycles. The third-order valence-corrected chi connectivity index (χ3v) is 5.43. The summed E-state index contributed by atoms with van der Waals surface area (Å²) in [6, 6.07) is 13.3. The van der Waals surface area contributed by atoms with E-state index in [0.29, 0.717) is 32.0 Å². The molecule has 0 unspecified atom stereocenters. The Morgan fingerprint density at radius 3 is 2.41 bits per heavy atom. The lowest BCUT2D eigenvalue weighted by Crippen LogP contribution is -2.28. The second kappa shape index (κ2) is 11.7. The summed E-state index contributed by atoms with van der Waals surface area (Å²) in [5, 5.41) is 11.4. The first-order valence-electron chi connectivity index (χ1n) is 9.22. The van der Waals surface area contributed by atoms with Crippen LogP contribution in [0.5, 0.6) is 0 Å². The Hall–Kier alpha value is -2.28. The zero-order chi connectivity index (χ0) is 21.1. The Morgan fingerprint density at radius 2 is 1.69 bits per heavy atom. The van der Waals surface area contributed by atoms with Crippen LogP contribution in [-0.4, -0.2) is 55.1 Å². The van der Waals surface area contributed by atoms with Gasteiger partial charge in [0.2, 0.25) is 0 Å². The number of allylic oxidation sites excluding steroid dienone is 1. The number of aryl methyl sites for hydroxylation is 1. The van der Waals surface area contributed by atoms with Crippen LogP contribution in [0.15, 0.2) is 41.3 Å². The number of nitrogens with zero attached hydrogens (tertiary/aromatic N) is 1. The standard InChI is InChI=1S/C21H26N2O5S/c1-17-3-5-20-14-18(4-6-19(20)13-17)15-21(16-22)29(24,25)23-7-8-27-11-12-28-10-9-26-2/h3-6,13-15,23H,7-12H2,1-2H3/b21-15+. The molecule has 0 saturated carbocycles. The van der Waals surface area contributed by atoms with Crippen molar-refractivity contribution < 1.29 is 22.6 Å². The van der Waals surface area contributed by atoms with Gasteiger partial charge < -0.3 is 14.2 Å². The number of rotatable bonds is 12. The number of benzene rings is 2. The molecule has 0 saturated heterocycles. The fourth-order valence-electron chi connectivity index (χ4n) is 2.58. The van der Waals surface area contributed by atoms with Crippen molar-refractivity contribution in [3.05, 3.63) is 52.4 Å². The summed E-state index contributed by atoms with van der Waals surface area (Å²) in [5.74, 6) is 0. The van der Waals surface area contributed by atoms with E-state index in [1.807, 2.05) is 31.2 Å². The van der Waals surface area contributed by atoms with Gasteiger partial charge in [-0.25, -0.2) is 13.1 Å². The maximum Gasteiger partial charge on any atom is 0.250 e. The molecule has 8 heteroatoms. The van der Waals surface area contributed by atoms with E-state index >= 15 is 0 Å². The number of ether oxygens (including phenoxy) is 3. The summed E-state index contributed by atoms with van der Waals surface area (Å²) in [5.41, 5.74) is 1.79. The Kier molecular flexibility index (Phi) is 9.25. The Bertz CT molecular complexity index is 980. The molecule has 0 heterocycles. The normalized spacial score (nSPS) is 12.2. The molecule has 0 amide bonds. The number of methoxy groups -OCH3 is 1. The molecule has 156 valence electrons. The Labute approximate surface area is 171 Å². The van der Waals surface area contributed by atoms with Crippen molar-refractivity contribution >= 4 is 26.9 Å². The summed E-state index contributed by atoms with van der Waals surface area (Å²) >= 11 is 0. The van der Waals surface area contributed by atoms with Gasteiger partial charge in [0.1, 0.15) is 6.07 Å². The van der Waals surface area contributed by atoms with Crippen molar-refractivity contribution in [2.75, 3.05) is 46.7 Å². The summed E-state index contributed by atoms with van der Waals surface area (Å²) in [7, 11) is -2.32. The molecular weight excluding hydrogens is 392 g/mol. The first kappa shape index (κ1) is 23.0. The zero-order valence-corrected chi connectivity index (χ0v) is 17.5. The lowest BCUT2D eigenvalue weighted by atomic mass is 10.0. The van der Waals surface area contributed by atoms with Crippen molar-refractivity contribution in [2.45, 2.75) is 6.92 Å². The molecule has 2 rings (SSSR count). The van der Waals surface area contributed by atoms with Crippen molar-refractivity contribution in [2.24, 2.45) is 0 Å². The monoisotopic (exact) mass is 418 g/mol. The third kappa shape index (κ3) is 7.57. The second-order valence-corrected chi connectivity index (χ2v) is 8.08. The summed E-state index contributed by atoms with van der Waals surface area (Å²) in [4.78, 5) is -0.341. The molecule has 0 aliphatic rings. The average molecular weight is 419 g/mol. The highest BCUT2D eigenvalue weighted by atomic mass is 32.2. The zero-order valence-electron chi connectivity index (χ0n) is 16.7. The van der Waals surface area contributed by atoms with Crippen LogP contribution >= 0.6 is 0 Å². The predicted octanol–water partition coefficient (Wildman–Crippen LogP) is 2.61. The third-order valence-electron chi connectivity index (χ3n) is 4.06. The Morgan fingerprint density at radius 1 is 1.03 bits per heavy atom. The molecule has 0 aliphatic carbocycles. The highest BCUT2D eigenvalue weighted by Crippen LogP contribution is 2.20. The van der Waals surface area contributed by atoms with E-state index in [2.05, 4.69) is 10.8 Å². The van der Waals surface area contributed by atoms with E-state index in [1.165, 1.54) is 6.08 Å². The van der Waals surface area contributed by atoms with Gasteiger partial charge in [0.05, 0.1) is 33.0 Å². The van der Waals surface area contributed by atoms with Crippen molar-refractivity contribution in [3.63, 3.8) is 0 Å². The van der Waals surface area contributed by atoms with Gasteiger partial charge >= 0.3 is 0 Å². The van der Waals surface area contributed by atoms with E-state index < -0.39 is 10.0 Å². The summed E-state index contributed by atoms with van der Waals surface area (Å²) in [6.45, 7) is 4.01. The maximum atomic E-state index is 12.4. The molecule has 2 aromatic rings. The highest BCUT2D eigenvalue weighted by Gasteiger charge is 2.17. The molecule has 1 N–H and O–H groups in total. The van der Waals surface area contributed by atoms with Crippen LogP contribution in [0.3, 0.4) is 0 Å². The van der Waals surface area contributed by atoms with E-state index in [9.17, 15) is 13.7 Å². The SMILES string of the molecule is COCCOCCOCCNS(=O)(=O)/C(C#N)=C/c1ccc2cc(C)ccc2c1. The second-order valence-electron chi connectivity index (χ2n) is 6.35. The summed E-state index contributed by atoms with van der Waals surface area (Å²) < 4.78 is 42.5. The van der Waals surface area contributed by atoms with Gasteiger partial charge in [-0.2, -0.15) is 5.26 Å². The van der Waals surface area contributed by atoms with Crippen molar-refractivity contribution in [1.82, 2.24) is 4.72 Å². The molecule has 0 atom stereocenters. The lowest BCUT2D eigenvalue weighted by molar-refractivity contribution is 0.0263. The molecule has 0 aromatic heterocycles. The Balaban J connectivity index is 1.90. The predicted molar refractivity (Wildman–Crippen MR) is 113 cm³/mol. The van der Waals surface area contributed by atoms with Gasteiger partial charge in [0.25, 0.3) is 10.0 Å². The van der Waals surface area contributed by atoms with Gasteiger partial charge in [-0.15, -0.1) is 0 Å². The minimum absolute atomic E-state index is 0.0659. The van der Waals surface area contributed by atoms with Crippen LogP contribution in [0.25, 0.3) is 16.8 Å². The molecular formula is C21H26N2O5S. The smallest absolute Gasteiger partial charge is 0.250 e. The van der Waals surface area contributed by atoms with Crippen LogP contribution in [-0.2, 0) is 24.2 Å². The van der Waals surface area contributed by atoms with E-state index in [1.54, 1.807) is 19.2 Å². The molecule has 0 bridgehead atoms. The van der Waals surface area contributed by atoms with Crippen LogP contribution in [0.4, 0.5) is 0 Å². The van der Waals surface area contributed by atoms with Gasteiger partial charge in [0, 0.05) is 13.7 Å². The number of nitriles is 1. The van der Waals surface area contributed by atoms with Crippen LogP contribution in [0.2, 0.25) is 0 Å². The van der Waals surface area contributed by atoms with E-state index in [-0.39, 0.29) is 18.1 Å².